The number of carbonyl (C=O) groups excluding carboxylic acids is 2. The number of fused-ring (bicyclic) bond motifs is 1. The standard InChI is InChI=1S/C16H21O6P/c1-4-20-23(19,21-5-2)15-13(10-11(3)17)12-8-6-7-9-14(12)22-16(15)18/h6-9,13,15H,4-5,10H2,1-3H3/t13-,15+/m1/s1. The molecule has 0 N–H and O–H groups in total. The Morgan fingerprint density at radius 2 is 1.83 bits per heavy atom. The lowest BCUT2D eigenvalue weighted by molar-refractivity contribution is -0.136. The zero-order chi connectivity index (χ0) is 17.0. The van der Waals surface area contributed by atoms with Gasteiger partial charge in [-0.2, -0.15) is 0 Å². The Balaban J connectivity index is 2.53. The average molecular weight is 340 g/mol. The van der Waals surface area contributed by atoms with Gasteiger partial charge in [0.15, 0.2) is 5.66 Å². The normalized spacial score (nSPS) is 20.7. The minimum atomic E-state index is -3.75. The number of ether oxygens (including phenoxy) is 1. The van der Waals surface area contributed by atoms with E-state index in [0.717, 1.165) is 0 Å². The number of benzene rings is 1. The first-order valence-electron chi connectivity index (χ1n) is 7.61. The highest BCUT2D eigenvalue weighted by molar-refractivity contribution is 7.55. The molecular weight excluding hydrogens is 319 g/mol. The molecule has 0 spiro atoms. The number of hydrogen-bond acceptors (Lipinski definition) is 6. The highest BCUT2D eigenvalue weighted by atomic mass is 31.2. The Morgan fingerprint density at radius 1 is 1.22 bits per heavy atom. The van der Waals surface area contributed by atoms with E-state index in [4.69, 9.17) is 13.8 Å². The molecule has 126 valence electrons. The Labute approximate surface area is 135 Å². The molecule has 1 aromatic rings. The molecule has 0 unspecified atom stereocenters. The highest BCUT2D eigenvalue weighted by Crippen LogP contribution is 2.60. The number of ketones is 1. The van der Waals surface area contributed by atoms with Gasteiger partial charge >= 0.3 is 13.6 Å². The molecule has 0 aliphatic carbocycles. The first-order chi connectivity index (χ1) is 10.9. The fraction of sp³-hybridized carbons (Fsp3) is 0.500. The number of carbonyl (C=O) groups is 2. The maximum absolute atomic E-state index is 13.1. The molecule has 0 saturated carbocycles. The van der Waals surface area contributed by atoms with Crippen molar-refractivity contribution in [3.05, 3.63) is 29.8 Å². The van der Waals surface area contributed by atoms with Crippen LogP contribution in [0.4, 0.5) is 0 Å². The molecule has 0 fully saturated rings. The lowest BCUT2D eigenvalue weighted by Crippen LogP contribution is -2.38. The van der Waals surface area contributed by atoms with Crippen LogP contribution in [0.15, 0.2) is 24.3 Å². The quantitative estimate of drug-likeness (QED) is 0.430. The van der Waals surface area contributed by atoms with Crippen molar-refractivity contribution in [3.63, 3.8) is 0 Å². The molecule has 0 saturated heterocycles. The average Bonchev–Trinajstić information content (AvgIpc) is 2.46. The monoisotopic (exact) mass is 340 g/mol. The third-order valence-corrected chi connectivity index (χ3v) is 6.11. The van der Waals surface area contributed by atoms with E-state index in [0.29, 0.717) is 11.3 Å². The van der Waals surface area contributed by atoms with Crippen LogP contribution in [0.1, 0.15) is 38.7 Å². The summed E-state index contributed by atoms with van der Waals surface area (Å²) in [6.07, 6.45) is 0.0704. The predicted octanol–water partition coefficient (Wildman–Crippen LogP) is 3.30. The SMILES string of the molecule is CCOP(=O)(OCC)[C@@H]1C(=O)Oc2ccccc2[C@H]1CC(C)=O. The highest BCUT2D eigenvalue weighted by Gasteiger charge is 2.51. The largest absolute Gasteiger partial charge is 0.426 e. The molecule has 7 heteroatoms. The molecule has 1 aromatic carbocycles. The second kappa shape index (κ2) is 7.39. The number of esters is 1. The molecule has 2 rings (SSSR count). The zero-order valence-electron chi connectivity index (χ0n) is 13.5. The maximum Gasteiger partial charge on any atom is 0.345 e. The van der Waals surface area contributed by atoms with Crippen LogP contribution in [-0.4, -0.2) is 30.6 Å². The predicted molar refractivity (Wildman–Crippen MR) is 84.8 cm³/mol. The molecule has 2 atom stereocenters. The van der Waals surface area contributed by atoms with E-state index >= 15 is 0 Å². The van der Waals surface area contributed by atoms with Crippen molar-refractivity contribution in [2.45, 2.75) is 38.8 Å². The lowest BCUT2D eigenvalue weighted by atomic mass is 9.88. The van der Waals surface area contributed by atoms with Crippen LogP contribution in [0.25, 0.3) is 0 Å². The van der Waals surface area contributed by atoms with Crippen LogP contribution in [0.2, 0.25) is 0 Å². The molecule has 0 radical (unpaired) electrons. The summed E-state index contributed by atoms with van der Waals surface area (Å²) < 4.78 is 29.1. The molecular formula is C16H21O6P. The number of hydrogen-bond donors (Lipinski definition) is 0. The maximum atomic E-state index is 13.1. The van der Waals surface area contributed by atoms with Crippen molar-refractivity contribution in [2.24, 2.45) is 0 Å². The zero-order valence-corrected chi connectivity index (χ0v) is 14.4. The topological polar surface area (TPSA) is 78.9 Å². The molecule has 0 aromatic heterocycles. The summed E-state index contributed by atoms with van der Waals surface area (Å²) in [5.41, 5.74) is -0.465. The lowest BCUT2D eigenvalue weighted by Gasteiger charge is -2.34. The third-order valence-electron chi connectivity index (χ3n) is 3.62. The number of Topliss-reactive ketones (excluding diaryl/α,β-unsaturated/α-hetero) is 1. The van der Waals surface area contributed by atoms with Crippen molar-refractivity contribution in [2.75, 3.05) is 13.2 Å². The number of rotatable bonds is 7. The Kier molecular flexibility index (Phi) is 5.74. The van der Waals surface area contributed by atoms with Gasteiger partial charge in [0.1, 0.15) is 11.5 Å². The van der Waals surface area contributed by atoms with Gasteiger partial charge in [0, 0.05) is 12.3 Å². The van der Waals surface area contributed by atoms with Crippen LogP contribution in [0, 0.1) is 0 Å². The fourth-order valence-electron chi connectivity index (χ4n) is 2.82. The van der Waals surface area contributed by atoms with Gasteiger partial charge < -0.3 is 18.6 Å². The van der Waals surface area contributed by atoms with Crippen molar-refractivity contribution in [1.29, 1.82) is 0 Å². The van der Waals surface area contributed by atoms with Gasteiger partial charge in [-0.3, -0.25) is 9.36 Å². The van der Waals surface area contributed by atoms with E-state index in [2.05, 4.69) is 0 Å². The molecule has 0 amide bonds. The summed E-state index contributed by atoms with van der Waals surface area (Å²) in [4.78, 5) is 24.2. The number of para-hydroxylation sites is 1. The van der Waals surface area contributed by atoms with Gasteiger partial charge in [-0.1, -0.05) is 18.2 Å². The Bertz CT molecular complexity index is 631. The smallest absolute Gasteiger partial charge is 0.345 e. The minimum absolute atomic E-state index is 0.0704. The summed E-state index contributed by atoms with van der Waals surface area (Å²) >= 11 is 0. The second-order valence-corrected chi connectivity index (χ2v) is 7.44. The first-order valence-corrected chi connectivity index (χ1v) is 9.23. The van der Waals surface area contributed by atoms with Gasteiger partial charge in [0.2, 0.25) is 0 Å². The van der Waals surface area contributed by atoms with E-state index in [1.165, 1.54) is 6.92 Å². The van der Waals surface area contributed by atoms with Crippen molar-refractivity contribution in [3.8, 4) is 5.75 Å². The summed E-state index contributed by atoms with van der Waals surface area (Å²) in [7, 11) is -3.75. The van der Waals surface area contributed by atoms with E-state index in [9.17, 15) is 14.2 Å². The van der Waals surface area contributed by atoms with E-state index in [1.54, 1.807) is 38.1 Å². The molecule has 1 aliphatic heterocycles. The summed E-state index contributed by atoms with van der Waals surface area (Å²) in [5, 5.41) is 0. The van der Waals surface area contributed by atoms with Crippen LogP contribution in [0.5, 0.6) is 5.75 Å². The first kappa shape index (κ1) is 17.9. The fourth-order valence-corrected chi connectivity index (χ4v) is 4.95. The van der Waals surface area contributed by atoms with Gasteiger partial charge in [0.05, 0.1) is 13.2 Å². The van der Waals surface area contributed by atoms with Crippen LogP contribution in [0.3, 0.4) is 0 Å². The van der Waals surface area contributed by atoms with Crippen LogP contribution >= 0.6 is 7.60 Å². The Morgan fingerprint density at radius 3 is 2.39 bits per heavy atom. The van der Waals surface area contributed by atoms with Crippen molar-refractivity contribution >= 4 is 19.3 Å². The molecule has 1 aliphatic rings. The van der Waals surface area contributed by atoms with E-state index in [1.807, 2.05) is 0 Å². The summed E-state index contributed by atoms with van der Waals surface area (Å²) in [5.74, 6) is -0.988. The van der Waals surface area contributed by atoms with Crippen LogP contribution in [-0.2, 0) is 23.2 Å². The third kappa shape index (κ3) is 3.71. The van der Waals surface area contributed by atoms with Gasteiger partial charge in [-0.15, -0.1) is 0 Å². The molecule has 1 heterocycles. The second-order valence-electron chi connectivity index (χ2n) is 5.29. The van der Waals surface area contributed by atoms with Gasteiger partial charge in [-0.05, 0) is 32.4 Å². The minimum Gasteiger partial charge on any atom is -0.426 e. The van der Waals surface area contributed by atoms with Crippen LogP contribution < -0.4 is 4.74 Å². The van der Waals surface area contributed by atoms with E-state index in [-0.39, 0.29) is 25.4 Å². The van der Waals surface area contributed by atoms with Crippen molar-refractivity contribution in [1.82, 2.24) is 0 Å². The molecule has 6 nitrogen and oxygen atoms in total. The van der Waals surface area contributed by atoms with E-state index < -0.39 is 25.1 Å². The van der Waals surface area contributed by atoms with Gasteiger partial charge in [0.25, 0.3) is 0 Å². The van der Waals surface area contributed by atoms with Gasteiger partial charge in [-0.25, -0.2) is 0 Å². The summed E-state index contributed by atoms with van der Waals surface area (Å²) in [6, 6.07) is 6.95. The molecule has 23 heavy (non-hydrogen) atoms. The summed E-state index contributed by atoms with van der Waals surface area (Å²) in [6.45, 7) is 5.05. The van der Waals surface area contributed by atoms with Crippen molar-refractivity contribution < 1.29 is 27.9 Å². The molecule has 0 bridgehead atoms. The Hall–Kier alpha value is -1.49.